The van der Waals surface area contributed by atoms with Crippen LogP contribution < -0.4 is 5.32 Å². The number of carbonyl (C=O) groups excluding carboxylic acids is 1. The van der Waals surface area contributed by atoms with E-state index in [1.807, 2.05) is 38.1 Å². The van der Waals surface area contributed by atoms with Gasteiger partial charge in [-0.05, 0) is 42.9 Å². The molecule has 1 N–H and O–H groups in total. The Bertz CT molecular complexity index is 626. The van der Waals surface area contributed by atoms with E-state index in [1.54, 1.807) is 6.07 Å². The fourth-order valence-electron chi connectivity index (χ4n) is 1.87. The molecule has 2 rings (SSSR count). The molecule has 0 aliphatic carbocycles. The number of aryl methyl sites for hydroxylation is 2. The van der Waals surface area contributed by atoms with Crippen LogP contribution in [0.4, 0.5) is 5.69 Å². The molecule has 1 heterocycles. The number of anilines is 1. The summed E-state index contributed by atoms with van der Waals surface area (Å²) in [4.78, 5) is 20.9. The van der Waals surface area contributed by atoms with Gasteiger partial charge in [-0.2, -0.15) is 0 Å². The zero-order valence-electron chi connectivity index (χ0n) is 12.5. The molecule has 21 heavy (non-hydrogen) atoms. The molecule has 4 nitrogen and oxygen atoms in total. The highest BCUT2D eigenvalue weighted by Gasteiger charge is 2.11. The summed E-state index contributed by atoms with van der Waals surface area (Å²) in [7, 11) is 0. The van der Waals surface area contributed by atoms with Crippen molar-refractivity contribution in [3.05, 3.63) is 47.3 Å². The van der Waals surface area contributed by atoms with Gasteiger partial charge in [0.2, 0.25) is 0 Å². The van der Waals surface area contributed by atoms with E-state index in [-0.39, 0.29) is 5.91 Å². The van der Waals surface area contributed by atoms with E-state index in [0.717, 1.165) is 23.6 Å². The van der Waals surface area contributed by atoms with Crippen molar-refractivity contribution in [3.63, 3.8) is 0 Å². The molecule has 0 aliphatic heterocycles. The maximum atomic E-state index is 12.3. The minimum absolute atomic E-state index is 0.206. The summed E-state index contributed by atoms with van der Waals surface area (Å²) in [6.07, 6.45) is 0.983. The number of nitrogens with zero attached hydrogens (tertiary/aromatic N) is 2. The molecule has 0 spiro atoms. The summed E-state index contributed by atoms with van der Waals surface area (Å²) in [6, 6.07) is 9.55. The van der Waals surface area contributed by atoms with Gasteiger partial charge in [0, 0.05) is 11.4 Å². The molecule has 0 atom stereocenters. The van der Waals surface area contributed by atoms with E-state index >= 15 is 0 Å². The van der Waals surface area contributed by atoms with Crippen molar-refractivity contribution in [1.29, 1.82) is 0 Å². The average molecular weight is 301 g/mol. The lowest BCUT2D eigenvalue weighted by molar-refractivity contribution is 0.102. The van der Waals surface area contributed by atoms with E-state index < -0.39 is 0 Å². The summed E-state index contributed by atoms with van der Waals surface area (Å²) < 4.78 is 0. The van der Waals surface area contributed by atoms with Crippen LogP contribution in [0.15, 0.2) is 35.5 Å². The quantitative estimate of drug-likeness (QED) is 0.675. The molecule has 0 saturated heterocycles. The van der Waals surface area contributed by atoms with E-state index in [1.165, 1.54) is 17.3 Å². The molecule has 2 aromatic rings. The first kappa shape index (κ1) is 15.5. The lowest BCUT2D eigenvalue weighted by atomic mass is 10.1. The predicted octanol–water partition coefficient (Wildman–Crippen LogP) is 3.71. The van der Waals surface area contributed by atoms with Gasteiger partial charge in [0.05, 0.1) is 0 Å². The van der Waals surface area contributed by atoms with Crippen molar-refractivity contribution in [2.24, 2.45) is 0 Å². The maximum Gasteiger partial charge on any atom is 0.274 e. The van der Waals surface area contributed by atoms with E-state index in [9.17, 15) is 4.79 Å². The Labute approximate surface area is 129 Å². The molecule has 1 amide bonds. The van der Waals surface area contributed by atoms with Gasteiger partial charge in [-0.25, -0.2) is 9.97 Å². The van der Waals surface area contributed by atoms with Crippen molar-refractivity contribution in [1.82, 2.24) is 9.97 Å². The van der Waals surface area contributed by atoms with Crippen LogP contribution in [0.5, 0.6) is 0 Å². The third-order valence-corrected chi connectivity index (χ3v) is 3.69. The fourth-order valence-corrected chi connectivity index (χ4v) is 2.50. The van der Waals surface area contributed by atoms with Gasteiger partial charge in [0.1, 0.15) is 5.69 Å². The Balaban J connectivity index is 2.15. The molecule has 110 valence electrons. The number of hydrogen-bond acceptors (Lipinski definition) is 4. The van der Waals surface area contributed by atoms with Crippen molar-refractivity contribution in [3.8, 4) is 0 Å². The smallest absolute Gasteiger partial charge is 0.274 e. The molecule has 0 bridgehead atoms. The van der Waals surface area contributed by atoms with Gasteiger partial charge >= 0.3 is 0 Å². The summed E-state index contributed by atoms with van der Waals surface area (Å²) in [5.74, 6) is 0.672. The van der Waals surface area contributed by atoms with Crippen molar-refractivity contribution in [2.75, 3.05) is 11.1 Å². The normalized spacial score (nSPS) is 10.4. The van der Waals surface area contributed by atoms with Crippen LogP contribution in [-0.4, -0.2) is 21.6 Å². The van der Waals surface area contributed by atoms with Gasteiger partial charge in [0.15, 0.2) is 5.16 Å². The van der Waals surface area contributed by atoms with Crippen LogP contribution in [0.3, 0.4) is 0 Å². The first-order valence-corrected chi connectivity index (χ1v) is 7.99. The third-order valence-electron chi connectivity index (χ3n) is 2.96. The minimum Gasteiger partial charge on any atom is -0.321 e. The Morgan fingerprint density at radius 1 is 1.19 bits per heavy atom. The number of thioether (sulfide) groups is 1. The lowest BCUT2D eigenvalue weighted by Crippen LogP contribution is -2.15. The Morgan fingerprint density at radius 2 is 1.90 bits per heavy atom. The Morgan fingerprint density at radius 3 is 2.52 bits per heavy atom. The first-order chi connectivity index (χ1) is 10.1. The number of aromatic nitrogens is 2. The molecule has 0 saturated carbocycles. The zero-order valence-corrected chi connectivity index (χ0v) is 13.3. The Kier molecular flexibility index (Phi) is 5.33. The van der Waals surface area contributed by atoms with Crippen molar-refractivity contribution < 1.29 is 4.79 Å². The van der Waals surface area contributed by atoms with Gasteiger partial charge in [-0.15, -0.1) is 0 Å². The minimum atomic E-state index is -0.206. The molecule has 1 aromatic carbocycles. The van der Waals surface area contributed by atoms with Crippen LogP contribution in [-0.2, 0) is 6.42 Å². The molecule has 0 aliphatic rings. The largest absolute Gasteiger partial charge is 0.321 e. The molecule has 1 aromatic heterocycles. The number of carbonyl (C=O) groups is 1. The summed E-state index contributed by atoms with van der Waals surface area (Å²) in [6.45, 7) is 6.00. The second-order valence-corrected chi connectivity index (χ2v) is 5.85. The van der Waals surface area contributed by atoms with Crippen LogP contribution in [0.2, 0.25) is 0 Å². The average Bonchev–Trinajstić information content (AvgIpc) is 2.48. The van der Waals surface area contributed by atoms with Gasteiger partial charge in [-0.1, -0.05) is 37.7 Å². The van der Waals surface area contributed by atoms with E-state index in [2.05, 4.69) is 22.2 Å². The summed E-state index contributed by atoms with van der Waals surface area (Å²) in [5, 5.41) is 3.51. The highest BCUT2D eigenvalue weighted by atomic mass is 32.2. The monoisotopic (exact) mass is 301 g/mol. The number of hydrogen-bond donors (Lipinski definition) is 1. The highest BCUT2D eigenvalue weighted by Crippen LogP contribution is 2.15. The Hall–Kier alpha value is -1.88. The SMILES string of the molecule is CCSc1nc(C)cc(C(=O)Nc2ccc(CC)cc2)n1. The predicted molar refractivity (Wildman–Crippen MR) is 86.9 cm³/mol. The van der Waals surface area contributed by atoms with Crippen LogP contribution >= 0.6 is 11.8 Å². The van der Waals surface area contributed by atoms with Gasteiger partial charge in [0.25, 0.3) is 5.91 Å². The van der Waals surface area contributed by atoms with Crippen molar-refractivity contribution >= 4 is 23.4 Å². The van der Waals surface area contributed by atoms with Crippen LogP contribution in [0.25, 0.3) is 0 Å². The molecule has 0 unspecified atom stereocenters. The van der Waals surface area contributed by atoms with Crippen LogP contribution in [0, 0.1) is 6.92 Å². The number of benzene rings is 1. The van der Waals surface area contributed by atoms with Crippen molar-refractivity contribution in [2.45, 2.75) is 32.3 Å². The van der Waals surface area contributed by atoms with Gasteiger partial charge < -0.3 is 5.32 Å². The third kappa shape index (κ3) is 4.29. The van der Waals surface area contributed by atoms with E-state index in [4.69, 9.17) is 0 Å². The van der Waals surface area contributed by atoms with E-state index in [0.29, 0.717) is 10.9 Å². The number of nitrogens with one attached hydrogen (secondary N) is 1. The molecule has 0 radical (unpaired) electrons. The fraction of sp³-hybridized carbons (Fsp3) is 0.312. The molecular formula is C16H19N3OS. The maximum absolute atomic E-state index is 12.3. The lowest BCUT2D eigenvalue weighted by Gasteiger charge is -2.07. The highest BCUT2D eigenvalue weighted by molar-refractivity contribution is 7.99. The van der Waals surface area contributed by atoms with Gasteiger partial charge in [-0.3, -0.25) is 4.79 Å². The first-order valence-electron chi connectivity index (χ1n) is 7.01. The second kappa shape index (κ2) is 7.22. The van der Waals surface area contributed by atoms with Crippen LogP contribution in [0.1, 0.15) is 35.6 Å². The molecular weight excluding hydrogens is 282 g/mol. The standard InChI is InChI=1S/C16H19N3OS/c1-4-12-6-8-13(9-7-12)18-15(20)14-10-11(3)17-16(19-14)21-5-2/h6-10H,4-5H2,1-3H3,(H,18,20). The second-order valence-electron chi connectivity index (χ2n) is 4.61. The number of rotatable bonds is 5. The topological polar surface area (TPSA) is 54.9 Å². The molecule has 0 fully saturated rings. The summed E-state index contributed by atoms with van der Waals surface area (Å²) >= 11 is 1.53. The summed E-state index contributed by atoms with van der Waals surface area (Å²) in [5.41, 5.74) is 3.22. The molecule has 5 heteroatoms. The zero-order chi connectivity index (χ0) is 15.2. The number of amides is 1.